The largest absolute Gasteiger partial charge is 0.507 e. The molecule has 0 saturated carbocycles. The highest BCUT2D eigenvalue weighted by Gasteiger charge is 2.14. The minimum Gasteiger partial charge on any atom is -0.507 e. The third-order valence-corrected chi connectivity index (χ3v) is 2.45. The lowest BCUT2D eigenvalue weighted by Crippen LogP contribution is -2.06. The first-order chi connectivity index (χ1) is 7.41. The van der Waals surface area contributed by atoms with Gasteiger partial charge in [-0.2, -0.15) is 0 Å². The molecular formula is C10H6Cl2F2O2. The molecule has 0 radical (unpaired) electrons. The number of alkyl halides is 2. The summed E-state index contributed by atoms with van der Waals surface area (Å²) in [6, 6.07) is 4.02. The van der Waals surface area contributed by atoms with E-state index in [0.717, 1.165) is 0 Å². The van der Waals surface area contributed by atoms with Crippen LogP contribution in [0.4, 0.5) is 8.78 Å². The Morgan fingerprint density at radius 3 is 2.44 bits per heavy atom. The van der Waals surface area contributed by atoms with Crippen molar-refractivity contribution < 1.29 is 18.7 Å². The normalized spacial score (nSPS) is 11.9. The van der Waals surface area contributed by atoms with Crippen LogP contribution in [-0.4, -0.2) is 17.3 Å². The summed E-state index contributed by atoms with van der Waals surface area (Å²) < 4.78 is 23.8. The molecule has 0 unspecified atom stereocenters. The van der Waals surface area contributed by atoms with Crippen LogP contribution in [0.1, 0.15) is 5.56 Å². The van der Waals surface area contributed by atoms with Gasteiger partial charge in [0.05, 0.1) is 10.0 Å². The maximum atomic E-state index is 11.9. The van der Waals surface area contributed by atoms with E-state index < -0.39 is 18.0 Å². The number of halogens is 4. The quantitative estimate of drug-likeness (QED) is 0.669. The van der Waals surface area contributed by atoms with Crippen molar-refractivity contribution in [2.75, 3.05) is 0 Å². The second kappa shape index (κ2) is 5.27. The number of aliphatic hydroxyl groups excluding tert-OH is 1. The Hall–Kier alpha value is -1.13. The Morgan fingerprint density at radius 1 is 1.31 bits per heavy atom. The number of carbonyl (C=O) groups excluding carboxylic acids is 1. The summed E-state index contributed by atoms with van der Waals surface area (Å²) in [6.45, 7) is 0. The fourth-order valence-electron chi connectivity index (χ4n) is 0.937. The number of hydrogen-bond acceptors (Lipinski definition) is 2. The predicted molar refractivity (Wildman–Crippen MR) is 58.1 cm³/mol. The molecule has 1 N–H and O–H groups in total. The summed E-state index contributed by atoms with van der Waals surface area (Å²) >= 11 is 11.3. The second-order valence-corrected chi connectivity index (χ2v) is 3.68. The van der Waals surface area contributed by atoms with Crippen molar-refractivity contribution in [1.82, 2.24) is 0 Å². The van der Waals surface area contributed by atoms with Crippen LogP contribution in [0.5, 0.6) is 0 Å². The molecule has 0 fully saturated rings. The molecule has 0 spiro atoms. The lowest BCUT2D eigenvalue weighted by molar-refractivity contribution is -0.124. The van der Waals surface area contributed by atoms with E-state index in [0.29, 0.717) is 6.08 Å². The number of hydrogen-bond donors (Lipinski definition) is 1. The van der Waals surface area contributed by atoms with Gasteiger partial charge in [-0.05, 0) is 18.2 Å². The van der Waals surface area contributed by atoms with Gasteiger partial charge in [0, 0.05) is 11.6 Å². The summed E-state index contributed by atoms with van der Waals surface area (Å²) in [5.41, 5.74) is 0.142. The maximum Gasteiger partial charge on any atom is 0.300 e. The van der Waals surface area contributed by atoms with Gasteiger partial charge in [-0.3, -0.25) is 4.79 Å². The zero-order valence-corrected chi connectivity index (χ0v) is 9.27. The number of ketones is 1. The second-order valence-electron chi connectivity index (χ2n) is 2.86. The standard InChI is InChI=1S/C10H6Cl2F2O2/c11-6-2-1-5(3-7(6)12)8(15)4-9(16)10(13)14/h1-4,10,15H. The van der Waals surface area contributed by atoms with E-state index in [2.05, 4.69) is 0 Å². The predicted octanol–water partition coefficient (Wildman–Crippen LogP) is 3.73. The SMILES string of the molecule is O=C(C=C(O)c1ccc(Cl)c(Cl)c1)C(F)F. The Kier molecular flexibility index (Phi) is 4.26. The summed E-state index contributed by atoms with van der Waals surface area (Å²) in [6.07, 6.45) is -2.70. The highest BCUT2D eigenvalue weighted by Crippen LogP contribution is 2.25. The van der Waals surface area contributed by atoms with E-state index in [1.165, 1.54) is 18.2 Å². The average molecular weight is 267 g/mol. The van der Waals surface area contributed by atoms with Gasteiger partial charge < -0.3 is 5.11 Å². The fourth-order valence-corrected chi connectivity index (χ4v) is 1.23. The Balaban J connectivity index is 3.01. The average Bonchev–Trinajstić information content (AvgIpc) is 2.21. The molecule has 2 nitrogen and oxygen atoms in total. The lowest BCUT2D eigenvalue weighted by atomic mass is 10.1. The number of aliphatic hydroxyl groups is 1. The van der Waals surface area contributed by atoms with Gasteiger partial charge in [-0.1, -0.05) is 23.2 Å². The molecule has 0 heterocycles. The molecule has 0 saturated heterocycles. The lowest BCUT2D eigenvalue weighted by Gasteiger charge is -2.02. The van der Waals surface area contributed by atoms with Crippen LogP contribution in [0.15, 0.2) is 24.3 Å². The molecule has 0 aliphatic heterocycles. The van der Waals surface area contributed by atoms with Gasteiger partial charge in [0.2, 0.25) is 5.78 Å². The Morgan fingerprint density at radius 2 is 1.94 bits per heavy atom. The van der Waals surface area contributed by atoms with Crippen molar-refractivity contribution in [1.29, 1.82) is 0 Å². The first-order valence-corrected chi connectivity index (χ1v) is 4.85. The third kappa shape index (κ3) is 3.18. The summed E-state index contributed by atoms with van der Waals surface area (Å²) in [5.74, 6) is -2.05. The molecule has 86 valence electrons. The zero-order chi connectivity index (χ0) is 12.3. The molecule has 0 amide bonds. The van der Waals surface area contributed by atoms with Crippen molar-refractivity contribution in [3.63, 3.8) is 0 Å². The van der Waals surface area contributed by atoms with Crippen LogP contribution in [0, 0.1) is 0 Å². The summed E-state index contributed by atoms with van der Waals surface area (Å²) in [5, 5.41) is 9.78. The van der Waals surface area contributed by atoms with Gasteiger partial charge in [-0.25, -0.2) is 8.78 Å². The minimum absolute atomic E-state index is 0.142. The molecule has 1 aromatic carbocycles. The van der Waals surface area contributed by atoms with Crippen molar-refractivity contribution in [3.05, 3.63) is 39.9 Å². The molecule has 16 heavy (non-hydrogen) atoms. The molecule has 6 heteroatoms. The van der Waals surface area contributed by atoms with Gasteiger partial charge in [0.15, 0.2) is 0 Å². The van der Waals surface area contributed by atoms with Crippen molar-refractivity contribution >= 4 is 34.7 Å². The first kappa shape index (κ1) is 12.9. The van der Waals surface area contributed by atoms with Crippen molar-refractivity contribution in [2.24, 2.45) is 0 Å². The third-order valence-electron chi connectivity index (χ3n) is 1.71. The molecular weight excluding hydrogens is 261 g/mol. The Bertz CT molecular complexity index is 444. The molecule has 1 aromatic rings. The van der Waals surface area contributed by atoms with Crippen LogP contribution in [0.2, 0.25) is 10.0 Å². The van der Waals surface area contributed by atoms with Crippen LogP contribution >= 0.6 is 23.2 Å². The number of rotatable bonds is 3. The molecule has 0 atom stereocenters. The van der Waals surface area contributed by atoms with Crippen LogP contribution in [0.3, 0.4) is 0 Å². The molecule has 0 bridgehead atoms. The molecule has 1 rings (SSSR count). The monoisotopic (exact) mass is 266 g/mol. The van der Waals surface area contributed by atoms with Crippen LogP contribution in [0.25, 0.3) is 5.76 Å². The van der Waals surface area contributed by atoms with E-state index in [1.54, 1.807) is 0 Å². The van der Waals surface area contributed by atoms with Gasteiger partial charge in [-0.15, -0.1) is 0 Å². The summed E-state index contributed by atoms with van der Waals surface area (Å²) in [7, 11) is 0. The van der Waals surface area contributed by atoms with E-state index in [1.807, 2.05) is 0 Å². The first-order valence-electron chi connectivity index (χ1n) is 4.10. The van der Waals surface area contributed by atoms with E-state index in [-0.39, 0.29) is 15.6 Å². The van der Waals surface area contributed by atoms with E-state index in [4.69, 9.17) is 23.2 Å². The highest BCUT2D eigenvalue weighted by atomic mass is 35.5. The Labute approximate surface area is 100 Å². The molecule has 0 aromatic heterocycles. The fraction of sp³-hybridized carbons (Fsp3) is 0.100. The van der Waals surface area contributed by atoms with Gasteiger partial charge >= 0.3 is 0 Å². The smallest absolute Gasteiger partial charge is 0.300 e. The number of carbonyl (C=O) groups is 1. The minimum atomic E-state index is -3.15. The van der Waals surface area contributed by atoms with E-state index in [9.17, 15) is 18.7 Å². The highest BCUT2D eigenvalue weighted by molar-refractivity contribution is 6.42. The van der Waals surface area contributed by atoms with Gasteiger partial charge in [0.25, 0.3) is 6.43 Å². The van der Waals surface area contributed by atoms with Gasteiger partial charge in [0.1, 0.15) is 5.76 Å². The number of benzene rings is 1. The molecule has 0 aliphatic rings. The number of allylic oxidation sites excluding steroid dienone is 1. The maximum absolute atomic E-state index is 11.9. The summed E-state index contributed by atoms with van der Waals surface area (Å²) in [4.78, 5) is 10.6. The van der Waals surface area contributed by atoms with Crippen molar-refractivity contribution in [2.45, 2.75) is 6.43 Å². The van der Waals surface area contributed by atoms with E-state index >= 15 is 0 Å². The van der Waals surface area contributed by atoms with Crippen LogP contribution < -0.4 is 0 Å². The van der Waals surface area contributed by atoms with Crippen molar-refractivity contribution in [3.8, 4) is 0 Å². The molecule has 0 aliphatic carbocycles. The topological polar surface area (TPSA) is 37.3 Å². The zero-order valence-electron chi connectivity index (χ0n) is 7.75. The van der Waals surface area contributed by atoms with Crippen LogP contribution in [-0.2, 0) is 4.79 Å².